The zero-order valence-corrected chi connectivity index (χ0v) is 18.7. The minimum absolute atomic E-state index is 0.0540. The molecular weight excluding hydrogens is 336 g/mol. The van der Waals surface area contributed by atoms with Crippen molar-refractivity contribution in [2.45, 2.75) is 155 Å². The third-order valence-corrected chi connectivity index (χ3v) is 5.54. The second-order valence-corrected chi connectivity index (χ2v) is 8.31. The normalized spacial score (nSPS) is 23.0. The largest absolute Gasteiger partial charge is 0.324 e. The van der Waals surface area contributed by atoms with Crippen molar-refractivity contribution < 1.29 is 14.2 Å². The predicted octanol–water partition coefficient (Wildman–Crippen LogP) is 8.11. The van der Waals surface area contributed by atoms with Crippen molar-refractivity contribution in [1.29, 1.82) is 0 Å². The van der Waals surface area contributed by atoms with Crippen LogP contribution in [0.1, 0.15) is 136 Å². The molecule has 1 aliphatic heterocycles. The SMILES string of the molecule is CCCCCCCC1OC(CCCCCCC)OC(CCCCCCC)O1. The number of hydrogen-bond acceptors (Lipinski definition) is 3. The lowest BCUT2D eigenvalue weighted by molar-refractivity contribution is -0.386. The Balaban J connectivity index is 2.31. The van der Waals surface area contributed by atoms with Crippen molar-refractivity contribution in [2.75, 3.05) is 0 Å². The van der Waals surface area contributed by atoms with E-state index in [2.05, 4.69) is 20.8 Å². The van der Waals surface area contributed by atoms with Crippen LogP contribution in [-0.2, 0) is 14.2 Å². The van der Waals surface area contributed by atoms with Gasteiger partial charge in [0.15, 0.2) is 18.9 Å². The second kappa shape index (κ2) is 17.9. The first-order valence-electron chi connectivity index (χ1n) is 12.3. The highest BCUT2D eigenvalue weighted by Gasteiger charge is 2.29. The second-order valence-electron chi connectivity index (χ2n) is 8.31. The van der Waals surface area contributed by atoms with Gasteiger partial charge in [0.25, 0.3) is 0 Å². The van der Waals surface area contributed by atoms with Gasteiger partial charge in [-0.3, -0.25) is 0 Å². The van der Waals surface area contributed by atoms with Crippen molar-refractivity contribution in [2.24, 2.45) is 0 Å². The Morgan fingerprint density at radius 1 is 0.370 bits per heavy atom. The molecule has 0 unspecified atom stereocenters. The summed E-state index contributed by atoms with van der Waals surface area (Å²) in [7, 11) is 0. The summed E-state index contributed by atoms with van der Waals surface area (Å²) in [6.07, 6.45) is 22.3. The van der Waals surface area contributed by atoms with Crippen LogP contribution in [0.25, 0.3) is 0 Å². The van der Waals surface area contributed by atoms with E-state index in [1.165, 1.54) is 96.3 Å². The molecule has 0 spiro atoms. The number of ether oxygens (including phenoxy) is 3. The van der Waals surface area contributed by atoms with Crippen LogP contribution in [0.4, 0.5) is 0 Å². The van der Waals surface area contributed by atoms with Crippen LogP contribution in [0.3, 0.4) is 0 Å². The van der Waals surface area contributed by atoms with Crippen molar-refractivity contribution in [3.05, 3.63) is 0 Å². The molecule has 3 nitrogen and oxygen atoms in total. The molecule has 0 atom stereocenters. The molecule has 0 aromatic heterocycles. The van der Waals surface area contributed by atoms with Gasteiger partial charge in [0.1, 0.15) is 0 Å². The summed E-state index contributed by atoms with van der Waals surface area (Å²) in [4.78, 5) is 0. The van der Waals surface area contributed by atoms with E-state index in [0.717, 1.165) is 19.3 Å². The summed E-state index contributed by atoms with van der Waals surface area (Å²) >= 11 is 0. The van der Waals surface area contributed by atoms with Gasteiger partial charge >= 0.3 is 0 Å². The molecule has 1 saturated heterocycles. The molecule has 0 bridgehead atoms. The highest BCUT2D eigenvalue weighted by atomic mass is 16.9. The average Bonchev–Trinajstić information content (AvgIpc) is 2.67. The van der Waals surface area contributed by atoms with Crippen LogP contribution in [0.15, 0.2) is 0 Å². The topological polar surface area (TPSA) is 27.7 Å². The molecule has 1 heterocycles. The molecule has 0 aromatic rings. The fourth-order valence-corrected chi connectivity index (χ4v) is 3.76. The molecule has 0 aliphatic carbocycles. The lowest BCUT2D eigenvalue weighted by Crippen LogP contribution is -2.40. The third kappa shape index (κ3) is 13.7. The van der Waals surface area contributed by atoms with E-state index in [9.17, 15) is 0 Å². The molecule has 0 amide bonds. The predicted molar refractivity (Wildman–Crippen MR) is 115 cm³/mol. The molecule has 0 radical (unpaired) electrons. The summed E-state index contributed by atoms with van der Waals surface area (Å²) < 4.78 is 18.4. The van der Waals surface area contributed by atoms with Crippen molar-refractivity contribution >= 4 is 0 Å². The van der Waals surface area contributed by atoms with Crippen molar-refractivity contribution in [1.82, 2.24) is 0 Å². The highest BCUT2D eigenvalue weighted by Crippen LogP contribution is 2.26. The molecule has 162 valence electrons. The minimum atomic E-state index is -0.0540. The van der Waals surface area contributed by atoms with E-state index >= 15 is 0 Å². The Bertz CT molecular complexity index is 254. The van der Waals surface area contributed by atoms with Gasteiger partial charge in [0.05, 0.1) is 0 Å². The van der Waals surface area contributed by atoms with E-state index in [4.69, 9.17) is 14.2 Å². The monoisotopic (exact) mass is 384 g/mol. The van der Waals surface area contributed by atoms with Crippen LogP contribution < -0.4 is 0 Å². The maximum absolute atomic E-state index is 6.13. The fraction of sp³-hybridized carbons (Fsp3) is 1.00. The van der Waals surface area contributed by atoms with Gasteiger partial charge in [-0.1, -0.05) is 97.8 Å². The van der Waals surface area contributed by atoms with Gasteiger partial charge in [-0.15, -0.1) is 0 Å². The zero-order valence-electron chi connectivity index (χ0n) is 18.7. The quantitative estimate of drug-likeness (QED) is 0.223. The van der Waals surface area contributed by atoms with E-state index in [0.29, 0.717) is 0 Å². The maximum atomic E-state index is 6.13. The van der Waals surface area contributed by atoms with Gasteiger partial charge in [0, 0.05) is 0 Å². The summed E-state index contributed by atoms with van der Waals surface area (Å²) in [6.45, 7) is 6.79. The van der Waals surface area contributed by atoms with Crippen molar-refractivity contribution in [3.63, 3.8) is 0 Å². The third-order valence-electron chi connectivity index (χ3n) is 5.54. The first kappa shape index (κ1) is 24.9. The Morgan fingerprint density at radius 3 is 0.889 bits per heavy atom. The lowest BCUT2D eigenvalue weighted by atomic mass is 10.1. The van der Waals surface area contributed by atoms with Crippen LogP contribution in [0.5, 0.6) is 0 Å². The number of unbranched alkanes of at least 4 members (excludes halogenated alkanes) is 12. The Hall–Kier alpha value is -0.120. The Kier molecular flexibility index (Phi) is 16.6. The van der Waals surface area contributed by atoms with E-state index in [1.807, 2.05) is 0 Å². The maximum Gasteiger partial charge on any atom is 0.163 e. The van der Waals surface area contributed by atoms with E-state index < -0.39 is 0 Å². The zero-order chi connectivity index (χ0) is 19.6. The molecule has 0 aromatic carbocycles. The van der Waals surface area contributed by atoms with E-state index in [1.54, 1.807) is 0 Å². The first-order valence-corrected chi connectivity index (χ1v) is 12.3. The molecule has 1 aliphatic rings. The van der Waals surface area contributed by atoms with E-state index in [-0.39, 0.29) is 18.9 Å². The van der Waals surface area contributed by atoms with Crippen molar-refractivity contribution in [3.8, 4) is 0 Å². The van der Waals surface area contributed by atoms with Gasteiger partial charge in [-0.2, -0.15) is 0 Å². The summed E-state index contributed by atoms with van der Waals surface area (Å²) in [5.74, 6) is 0. The average molecular weight is 385 g/mol. The van der Waals surface area contributed by atoms with Gasteiger partial charge in [-0.05, 0) is 38.5 Å². The molecule has 1 fully saturated rings. The number of hydrogen-bond donors (Lipinski definition) is 0. The highest BCUT2D eigenvalue weighted by molar-refractivity contribution is 4.61. The molecular formula is C24H48O3. The lowest BCUT2D eigenvalue weighted by Gasteiger charge is -2.36. The summed E-state index contributed by atoms with van der Waals surface area (Å²) in [6, 6.07) is 0. The smallest absolute Gasteiger partial charge is 0.163 e. The fourth-order valence-electron chi connectivity index (χ4n) is 3.76. The first-order chi connectivity index (χ1) is 13.3. The Labute approximate surface area is 169 Å². The van der Waals surface area contributed by atoms with Gasteiger partial charge in [0.2, 0.25) is 0 Å². The van der Waals surface area contributed by atoms with Gasteiger partial charge < -0.3 is 14.2 Å². The number of rotatable bonds is 18. The molecule has 1 rings (SSSR count). The summed E-state index contributed by atoms with van der Waals surface area (Å²) in [5.41, 5.74) is 0. The van der Waals surface area contributed by atoms with Gasteiger partial charge in [-0.25, -0.2) is 0 Å². The molecule has 27 heavy (non-hydrogen) atoms. The standard InChI is InChI=1S/C24H48O3/c1-4-7-10-13-16-19-22-25-23(20-17-14-11-8-5-2)27-24(26-22)21-18-15-12-9-6-3/h22-24H,4-21H2,1-3H3. The molecule has 3 heteroatoms. The van der Waals surface area contributed by atoms with Crippen LogP contribution in [0, 0.1) is 0 Å². The van der Waals surface area contributed by atoms with Crippen LogP contribution >= 0.6 is 0 Å². The van der Waals surface area contributed by atoms with Crippen LogP contribution in [-0.4, -0.2) is 18.9 Å². The molecule has 0 N–H and O–H groups in total. The molecule has 0 saturated carbocycles. The minimum Gasteiger partial charge on any atom is -0.324 e. The summed E-state index contributed by atoms with van der Waals surface area (Å²) in [5, 5.41) is 0. The Morgan fingerprint density at radius 2 is 0.630 bits per heavy atom. The van der Waals surface area contributed by atoms with Crippen LogP contribution in [0.2, 0.25) is 0 Å².